The van der Waals surface area contributed by atoms with Crippen LogP contribution in [0.3, 0.4) is 0 Å². The lowest BCUT2D eigenvalue weighted by atomic mass is 10.2. The van der Waals surface area contributed by atoms with Crippen molar-refractivity contribution in [3.05, 3.63) is 95.1 Å². The van der Waals surface area contributed by atoms with Gasteiger partial charge in [-0.25, -0.2) is 9.97 Å². The summed E-state index contributed by atoms with van der Waals surface area (Å²) in [4.78, 5) is 25.9. The van der Waals surface area contributed by atoms with Gasteiger partial charge < -0.3 is 16.0 Å². The van der Waals surface area contributed by atoms with Gasteiger partial charge in [-0.2, -0.15) is 4.98 Å². The molecular formula is C26H22N6OS. The summed E-state index contributed by atoms with van der Waals surface area (Å²) in [5, 5.41) is 9.48. The zero-order valence-corrected chi connectivity index (χ0v) is 19.5. The quantitative estimate of drug-likeness (QED) is 0.267. The molecule has 3 N–H and O–H groups in total. The van der Waals surface area contributed by atoms with Gasteiger partial charge in [0.25, 0.3) is 5.91 Å². The zero-order valence-electron chi connectivity index (χ0n) is 18.7. The maximum absolute atomic E-state index is 12.6. The summed E-state index contributed by atoms with van der Waals surface area (Å²) < 4.78 is 0.989. The molecule has 0 aliphatic heterocycles. The van der Waals surface area contributed by atoms with Crippen LogP contribution >= 0.6 is 11.3 Å². The molecule has 0 aliphatic rings. The second kappa shape index (κ2) is 9.29. The van der Waals surface area contributed by atoms with E-state index in [4.69, 9.17) is 0 Å². The Morgan fingerprint density at radius 1 is 0.794 bits per heavy atom. The predicted molar refractivity (Wildman–Crippen MR) is 139 cm³/mol. The summed E-state index contributed by atoms with van der Waals surface area (Å²) in [6, 6.07) is 22.9. The minimum Gasteiger partial charge on any atom is -0.340 e. The number of carbonyl (C=O) groups is 1. The van der Waals surface area contributed by atoms with Crippen LogP contribution in [0.4, 0.5) is 28.8 Å². The van der Waals surface area contributed by atoms with Crippen LogP contribution in [0, 0.1) is 13.8 Å². The van der Waals surface area contributed by atoms with Crippen LogP contribution < -0.4 is 16.0 Å². The fourth-order valence-electron chi connectivity index (χ4n) is 3.44. The van der Waals surface area contributed by atoms with Gasteiger partial charge in [-0.15, -0.1) is 11.3 Å². The number of carbonyl (C=O) groups excluding carboxylic acids is 1. The monoisotopic (exact) mass is 466 g/mol. The van der Waals surface area contributed by atoms with Gasteiger partial charge in [-0.3, -0.25) is 4.79 Å². The second-order valence-corrected chi connectivity index (χ2v) is 8.79. The molecule has 0 unspecified atom stereocenters. The van der Waals surface area contributed by atoms with Crippen molar-refractivity contribution in [1.82, 2.24) is 15.0 Å². The van der Waals surface area contributed by atoms with Gasteiger partial charge >= 0.3 is 0 Å². The maximum atomic E-state index is 12.6. The molecule has 2 heterocycles. The van der Waals surface area contributed by atoms with Crippen LogP contribution in [0.1, 0.15) is 21.6 Å². The van der Waals surface area contributed by atoms with E-state index in [1.54, 1.807) is 11.6 Å². The standard InChI is InChI=1S/C26H22N6OS/c1-16-3-6-21(7-4-16)31-26-28-17(2)13-24(32-26)29-19-8-10-20(11-9-19)30-25(33)18-5-12-22-23(14-18)34-15-27-22/h3-15H,1-2H3,(H,30,33)(H2,28,29,31,32). The van der Waals surface area contributed by atoms with E-state index in [1.807, 2.05) is 80.6 Å². The number of nitrogens with zero attached hydrogens (tertiary/aromatic N) is 3. The van der Waals surface area contributed by atoms with Gasteiger partial charge in [0, 0.05) is 34.4 Å². The van der Waals surface area contributed by atoms with Crippen molar-refractivity contribution < 1.29 is 4.79 Å². The molecule has 0 spiro atoms. The Bertz CT molecular complexity index is 1460. The van der Waals surface area contributed by atoms with E-state index in [2.05, 4.69) is 30.9 Å². The Hall–Kier alpha value is -4.30. The average Bonchev–Trinajstić information content (AvgIpc) is 3.29. The van der Waals surface area contributed by atoms with Crippen molar-refractivity contribution in [2.45, 2.75) is 13.8 Å². The van der Waals surface area contributed by atoms with Gasteiger partial charge in [-0.05, 0) is 68.4 Å². The number of aromatic nitrogens is 3. The van der Waals surface area contributed by atoms with E-state index in [1.165, 1.54) is 16.9 Å². The van der Waals surface area contributed by atoms with Crippen molar-refractivity contribution in [3.8, 4) is 0 Å². The molecule has 5 aromatic rings. The summed E-state index contributed by atoms with van der Waals surface area (Å²) in [6.45, 7) is 3.97. The van der Waals surface area contributed by atoms with Crippen LogP contribution in [0.25, 0.3) is 10.2 Å². The molecule has 168 valence electrons. The number of thiazole rings is 1. The van der Waals surface area contributed by atoms with Gasteiger partial charge in [0.2, 0.25) is 5.95 Å². The molecule has 2 aromatic heterocycles. The summed E-state index contributed by atoms with van der Waals surface area (Å²) >= 11 is 1.52. The third-order valence-corrected chi connectivity index (χ3v) is 5.96. The number of fused-ring (bicyclic) bond motifs is 1. The summed E-state index contributed by atoms with van der Waals surface area (Å²) in [5.74, 6) is 1.04. The van der Waals surface area contributed by atoms with Crippen molar-refractivity contribution in [2.24, 2.45) is 0 Å². The lowest BCUT2D eigenvalue weighted by Gasteiger charge is -2.11. The Labute approximate surface area is 200 Å². The van der Waals surface area contributed by atoms with Crippen LogP contribution in [0.2, 0.25) is 0 Å². The summed E-state index contributed by atoms with van der Waals surface area (Å²) in [7, 11) is 0. The molecule has 7 nitrogen and oxygen atoms in total. The molecule has 0 saturated heterocycles. The highest BCUT2D eigenvalue weighted by atomic mass is 32.1. The molecule has 1 amide bonds. The number of amides is 1. The highest BCUT2D eigenvalue weighted by molar-refractivity contribution is 7.16. The smallest absolute Gasteiger partial charge is 0.255 e. The first-order valence-electron chi connectivity index (χ1n) is 10.7. The normalized spacial score (nSPS) is 10.8. The average molecular weight is 467 g/mol. The zero-order chi connectivity index (χ0) is 23.5. The van der Waals surface area contributed by atoms with E-state index in [9.17, 15) is 4.79 Å². The van der Waals surface area contributed by atoms with Gasteiger partial charge in [0.05, 0.1) is 15.7 Å². The predicted octanol–water partition coefficient (Wildman–Crippen LogP) is 6.44. The van der Waals surface area contributed by atoms with E-state index in [0.29, 0.717) is 23.0 Å². The fourth-order valence-corrected chi connectivity index (χ4v) is 4.16. The highest BCUT2D eigenvalue weighted by Crippen LogP contribution is 2.23. The van der Waals surface area contributed by atoms with Crippen LogP contribution in [0.5, 0.6) is 0 Å². The molecule has 0 saturated carbocycles. The first kappa shape index (κ1) is 21.5. The molecule has 34 heavy (non-hydrogen) atoms. The number of hydrogen-bond acceptors (Lipinski definition) is 7. The third kappa shape index (κ3) is 5.02. The molecule has 5 rings (SSSR count). The number of rotatable bonds is 6. The number of aryl methyl sites for hydroxylation is 2. The fraction of sp³-hybridized carbons (Fsp3) is 0.0769. The van der Waals surface area contributed by atoms with Gasteiger partial charge in [-0.1, -0.05) is 17.7 Å². The first-order chi connectivity index (χ1) is 16.5. The molecule has 0 fully saturated rings. The van der Waals surface area contributed by atoms with Crippen molar-refractivity contribution in [1.29, 1.82) is 0 Å². The molecule has 3 aromatic carbocycles. The SMILES string of the molecule is Cc1ccc(Nc2nc(C)cc(Nc3ccc(NC(=O)c4ccc5ncsc5c4)cc3)n2)cc1. The van der Waals surface area contributed by atoms with E-state index in [-0.39, 0.29) is 5.91 Å². The minimum absolute atomic E-state index is 0.158. The number of benzene rings is 3. The molecule has 8 heteroatoms. The summed E-state index contributed by atoms with van der Waals surface area (Å²) in [5.41, 5.74) is 7.80. The van der Waals surface area contributed by atoms with Crippen LogP contribution in [0.15, 0.2) is 78.3 Å². The van der Waals surface area contributed by atoms with Crippen molar-refractivity contribution >= 4 is 56.3 Å². The van der Waals surface area contributed by atoms with E-state index < -0.39 is 0 Å². The second-order valence-electron chi connectivity index (χ2n) is 7.90. The first-order valence-corrected chi connectivity index (χ1v) is 11.6. The molecule has 0 aliphatic carbocycles. The molecule has 0 atom stereocenters. The molecular weight excluding hydrogens is 444 g/mol. The van der Waals surface area contributed by atoms with Crippen molar-refractivity contribution in [3.63, 3.8) is 0 Å². The lowest BCUT2D eigenvalue weighted by molar-refractivity contribution is 0.102. The van der Waals surface area contributed by atoms with Gasteiger partial charge in [0.15, 0.2) is 0 Å². The van der Waals surface area contributed by atoms with Crippen molar-refractivity contribution in [2.75, 3.05) is 16.0 Å². The third-order valence-electron chi connectivity index (χ3n) is 5.17. The van der Waals surface area contributed by atoms with E-state index in [0.717, 1.165) is 27.3 Å². The highest BCUT2D eigenvalue weighted by Gasteiger charge is 2.09. The maximum Gasteiger partial charge on any atom is 0.255 e. The minimum atomic E-state index is -0.158. The van der Waals surface area contributed by atoms with Gasteiger partial charge in [0.1, 0.15) is 5.82 Å². The number of hydrogen-bond donors (Lipinski definition) is 3. The van der Waals surface area contributed by atoms with Crippen LogP contribution in [-0.2, 0) is 0 Å². The Kier molecular flexibility index (Phi) is 5.88. The van der Waals surface area contributed by atoms with E-state index >= 15 is 0 Å². The Balaban J connectivity index is 1.26. The Morgan fingerprint density at radius 2 is 1.50 bits per heavy atom. The largest absolute Gasteiger partial charge is 0.340 e. The topological polar surface area (TPSA) is 91.8 Å². The summed E-state index contributed by atoms with van der Waals surface area (Å²) in [6.07, 6.45) is 0. The molecule has 0 radical (unpaired) electrons. The Morgan fingerprint density at radius 3 is 2.29 bits per heavy atom. The number of anilines is 5. The lowest BCUT2D eigenvalue weighted by Crippen LogP contribution is -2.11. The number of nitrogens with one attached hydrogen (secondary N) is 3. The van der Waals surface area contributed by atoms with Crippen LogP contribution in [-0.4, -0.2) is 20.9 Å². The molecule has 0 bridgehead atoms.